The zero-order chi connectivity index (χ0) is 24.9. The summed E-state index contributed by atoms with van der Waals surface area (Å²) >= 11 is 0. The number of rotatable bonds is 4. The molecule has 34 heavy (non-hydrogen) atoms. The van der Waals surface area contributed by atoms with Crippen molar-refractivity contribution in [3.63, 3.8) is 0 Å². The molecule has 0 atom stereocenters. The van der Waals surface area contributed by atoms with Gasteiger partial charge >= 0.3 is 5.97 Å². The van der Waals surface area contributed by atoms with Crippen LogP contribution in [0, 0.1) is 0 Å². The summed E-state index contributed by atoms with van der Waals surface area (Å²) in [5.41, 5.74) is 0.588. The molecule has 0 saturated heterocycles. The van der Waals surface area contributed by atoms with Gasteiger partial charge in [-0.05, 0) is 56.2 Å². The van der Waals surface area contributed by atoms with E-state index < -0.39 is 0 Å². The first-order valence-corrected chi connectivity index (χ1v) is 11.5. The molecule has 0 aromatic heterocycles. The van der Waals surface area contributed by atoms with Gasteiger partial charge in [0.05, 0.1) is 26.4 Å². The zero-order valence-corrected chi connectivity index (χ0v) is 20.4. The summed E-state index contributed by atoms with van der Waals surface area (Å²) in [6, 6.07) is 28.4. The quantitative estimate of drug-likeness (QED) is 0.399. The van der Waals surface area contributed by atoms with Gasteiger partial charge in [0.25, 0.3) is 0 Å². The van der Waals surface area contributed by atoms with Crippen LogP contribution >= 0.6 is 0 Å². The first-order chi connectivity index (χ1) is 16.6. The fourth-order valence-electron chi connectivity index (χ4n) is 2.88. The molecule has 0 radical (unpaired) electrons. The van der Waals surface area contributed by atoms with Gasteiger partial charge < -0.3 is 14.2 Å². The van der Waals surface area contributed by atoms with Gasteiger partial charge in [-0.1, -0.05) is 61.0 Å². The van der Waals surface area contributed by atoms with E-state index in [2.05, 4.69) is 4.74 Å². The minimum atomic E-state index is -0.291. The molecule has 0 bridgehead atoms. The van der Waals surface area contributed by atoms with Crippen molar-refractivity contribution >= 4 is 11.8 Å². The van der Waals surface area contributed by atoms with Crippen LogP contribution in [0.25, 0.3) is 0 Å². The third kappa shape index (κ3) is 13.7. The third-order valence-electron chi connectivity index (χ3n) is 4.64. The molecule has 4 rings (SSSR count). The fourth-order valence-corrected chi connectivity index (χ4v) is 2.88. The number of benzene rings is 3. The lowest BCUT2D eigenvalue weighted by Crippen LogP contribution is -2.02. The molecule has 182 valence electrons. The monoisotopic (exact) mass is 464 g/mol. The van der Waals surface area contributed by atoms with Gasteiger partial charge in [-0.3, -0.25) is 4.79 Å². The molecular weight excluding hydrogens is 428 g/mol. The lowest BCUT2D eigenvalue weighted by molar-refractivity contribution is -0.120. The van der Waals surface area contributed by atoms with Crippen LogP contribution in [0.2, 0.25) is 0 Å². The average Bonchev–Trinajstić information content (AvgIpc) is 2.91. The highest BCUT2D eigenvalue weighted by molar-refractivity contribution is 5.89. The number of hydrogen-bond acceptors (Lipinski definition) is 5. The van der Waals surface area contributed by atoms with Gasteiger partial charge in [0, 0.05) is 12.8 Å². The van der Waals surface area contributed by atoms with E-state index in [0.29, 0.717) is 11.3 Å². The average molecular weight is 465 g/mol. The van der Waals surface area contributed by atoms with E-state index in [1.807, 2.05) is 73.7 Å². The Hall–Kier alpha value is -3.60. The number of Topliss-reactive ketones (excluding diaryl/α,β-unsaturated/α-hetero) is 1. The molecule has 1 fully saturated rings. The predicted molar refractivity (Wildman–Crippen MR) is 136 cm³/mol. The molecule has 0 aliphatic heterocycles. The maximum Gasteiger partial charge on any atom is 0.337 e. The smallest absolute Gasteiger partial charge is 0.337 e. The number of ketones is 1. The third-order valence-corrected chi connectivity index (χ3v) is 4.64. The second-order valence-electron chi connectivity index (χ2n) is 7.22. The van der Waals surface area contributed by atoms with Crippen LogP contribution in [0.1, 0.15) is 49.4 Å². The Morgan fingerprint density at radius 3 is 1.53 bits per heavy atom. The van der Waals surface area contributed by atoms with E-state index in [1.54, 1.807) is 31.4 Å². The Morgan fingerprint density at radius 2 is 1.18 bits per heavy atom. The molecule has 1 saturated carbocycles. The highest BCUT2D eigenvalue weighted by atomic mass is 16.5. The van der Waals surface area contributed by atoms with Gasteiger partial charge in [0.2, 0.25) is 0 Å². The zero-order valence-electron chi connectivity index (χ0n) is 20.4. The van der Waals surface area contributed by atoms with Crippen molar-refractivity contribution in [3.8, 4) is 11.5 Å². The lowest BCUT2D eigenvalue weighted by atomic mass is 10.00. The van der Waals surface area contributed by atoms with Gasteiger partial charge in [-0.25, -0.2) is 4.79 Å². The number of para-hydroxylation sites is 2. The first-order valence-electron chi connectivity index (χ1n) is 11.5. The second-order valence-corrected chi connectivity index (χ2v) is 7.22. The van der Waals surface area contributed by atoms with E-state index in [9.17, 15) is 9.59 Å². The Bertz CT molecular complexity index is 888. The SMILES string of the molecule is CCOc1ccccc1.COC(=O)c1ccccc1.COc1ccccc1.O=C1CCCCC1. The molecule has 3 aromatic carbocycles. The summed E-state index contributed by atoms with van der Waals surface area (Å²) < 4.78 is 14.6. The molecule has 0 unspecified atom stereocenters. The van der Waals surface area contributed by atoms with Gasteiger partial charge in [0.1, 0.15) is 17.3 Å². The number of ether oxygens (including phenoxy) is 3. The van der Waals surface area contributed by atoms with Crippen molar-refractivity contribution in [2.24, 2.45) is 0 Å². The number of carbonyl (C=O) groups is 2. The van der Waals surface area contributed by atoms with Crippen LogP contribution in [-0.2, 0) is 9.53 Å². The van der Waals surface area contributed by atoms with Crippen LogP contribution in [-0.4, -0.2) is 32.6 Å². The van der Waals surface area contributed by atoms with Crippen LogP contribution < -0.4 is 9.47 Å². The van der Waals surface area contributed by atoms with Crippen molar-refractivity contribution in [2.75, 3.05) is 20.8 Å². The van der Waals surface area contributed by atoms with Crippen molar-refractivity contribution in [1.82, 2.24) is 0 Å². The molecule has 1 aliphatic carbocycles. The van der Waals surface area contributed by atoms with Gasteiger partial charge in [-0.2, -0.15) is 0 Å². The standard InChI is InChI=1S/C8H8O2.C8H10O.C7H8O.C6H10O/c1-10-8(9)7-5-3-2-4-6-7;1-2-9-8-6-4-3-5-7-8;1-8-7-5-3-2-4-6-7;7-6-4-2-1-3-5-6/h2-6H,1H3;3-7H,2H2,1H3;2-6H,1H3;1-5H2. The van der Waals surface area contributed by atoms with Gasteiger partial charge in [0.15, 0.2) is 0 Å². The normalized spacial score (nSPS) is 11.7. The summed E-state index contributed by atoms with van der Waals surface area (Å²) in [5, 5.41) is 0. The number of methoxy groups -OCH3 is 2. The van der Waals surface area contributed by atoms with E-state index >= 15 is 0 Å². The van der Waals surface area contributed by atoms with Crippen molar-refractivity contribution < 1.29 is 23.8 Å². The maximum absolute atomic E-state index is 10.8. The highest BCUT2D eigenvalue weighted by Crippen LogP contribution is 2.12. The molecule has 5 heteroatoms. The number of esters is 1. The molecule has 0 heterocycles. The molecule has 0 spiro atoms. The van der Waals surface area contributed by atoms with Crippen molar-refractivity contribution in [2.45, 2.75) is 39.0 Å². The Labute approximate surface area is 203 Å². The van der Waals surface area contributed by atoms with Crippen molar-refractivity contribution in [3.05, 3.63) is 96.6 Å². The summed E-state index contributed by atoms with van der Waals surface area (Å²) in [7, 11) is 3.03. The maximum atomic E-state index is 10.8. The molecular formula is C29H36O5. The molecule has 5 nitrogen and oxygen atoms in total. The van der Waals surface area contributed by atoms with Gasteiger partial charge in [-0.15, -0.1) is 0 Å². The summed E-state index contributed by atoms with van der Waals surface area (Å²) in [5.74, 6) is 2.03. The molecule has 1 aliphatic rings. The van der Waals surface area contributed by atoms with Crippen LogP contribution in [0.3, 0.4) is 0 Å². The predicted octanol–water partition coefficient (Wildman–Crippen LogP) is 6.77. The van der Waals surface area contributed by atoms with Crippen molar-refractivity contribution in [1.29, 1.82) is 0 Å². The van der Waals surface area contributed by atoms with E-state index in [4.69, 9.17) is 9.47 Å². The Morgan fingerprint density at radius 1 is 0.706 bits per heavy atom. The number of carbonyl (C=O) groups excluding carboxylic acids is 2. The van der Waals surface area contributed by atoms with Crippen LogP contribution in [0.4, 0.5) is 0 Å². The van der Waals surface area contributed by atoms with E-state index in [0.717, 1.165) is 43.8 Å². The van der Waals surface area contributed by atoms with E-state index in [1.165, 1.54) is 13.5 Å². The minimum Gasteiger partial charge on any atom is -0.497 e. The Balaban J connectivity index is 0.000000228. The summed E-state index contributed by atoms with van der Waals surface area (Å²) in [4.78, 5) is 21.3. The fraction of sp³-hybridized carbons (Fsp3) is 0.310. The molecule has 0 N–H and O–H groups in total. The largest absolute Gasteiger partial charge is 0.497 e. The second kappa shape index (κ2) is 18.9. The molecule has 3 aromatic rings. The summed E-state index contributed by atoms with van der Waals surface area (Å²) in [6.45, 7) is 2.72. The summed E-state index contributed by atoms with van der Waals surface area (Å²) in [6.07, 6.45) is 5.24. The first kappa shape index (κ1) is 28.4. The lowest BCUT2D eigenvalue weighted by Gasteiger charge is -2.05. The minimum absolute atomic E-state index is 0.291. The molecule has 0 amide bonds. The highest BCUT2D eigenvalue weighted by Gasteiger charge is 2.06. The van der Waals surface area contributed by atoms with Crippen LogP contribution in [0.5, 0.6) is 11.5 Å². The van der Waals surface area contributed by atoms with E-state index in [-0.39, 0.29) is 5.97 Å². The number of hydrogen-bond donors (Lipinski definition) is 0. The Kier molecular flexibility index (Phi) is 15.8. The van der Waals surface area contributed by atoms with Crippen LogP contribution in [0.15, 0.2) is 91.0 Å². The topological polar surface area (TPSA) is 61.8 Å².